The Bertz CT molecular complexity index is 653. The molecule has 1 aromatic carbocycles. The summed E-state index contributed by atoms with van der Waals surface area (Å²) in [4.78, 5) is 11.4. The van der Waals surface area contributed by atoms with Gasteiger partial charge in [-0.25, -0.2) is 4.79 Å². The predicted molar refractivity (Wildman–Crippen MR) is 67.2 cm³/mol. The van der Waals surface area contributed by atoms with Crippen LogP contribution < -0.4 is 10.4 Å². The Morgan fingerprint density at radius 2 is 2.17 bits per heavy atom. The van der Waals surface area contributed by atoms with Gasteiger partial charge in [0.25, 0.3) is 0 Å². The molecule has 0 spiro atoms. The zero-order valence-electron chi connectivity index (χ0n) is 10.4. The predicted octanol–water partition coefficient (Wildman–Crippen LogP) is 2.19. The molecule has 0 bridgehead atoms. The van der Waals surface area contributed by atoms with Crippen molar-refractivity contribution in [3.8, 4) is 5.75 Å². The average molecular weight is 246 g/mol. The van der Waals surface area contributed by atoms with Crippen molar-refractivity contribution < 1.29 is 13.9 Å². The van der Waals surface area contributed by atoms with Crippen LogP contribution in [0.15, 0.2) is 27.4 Å². The minimum Gasteiger partial charge on any atom is -0.490 e. The van der Waals surface area contributed by atoms with Gasteiger partial charge in [0.2, 0.25) is 0 Å². The Balaban J connectivity index is 2.06. The summed E-state index contributed by atoms with van der Waals surface area (Å²) in [6, 6.07) is 5.33. The lowest BCUT2D eigenvalue weighted by Gasteiger charge is -2.10. The van der Waals surface area contributed by atoms with E-state index in [-0.39, 0.29) is 11.7 Å². The minimum absolute atomic E-state index is 0.213. The number of aryl methyl sites for hydroxylation is 2. The van der Waals surface area contributed by atoms with Gasteiger partial charge < -0.3 is 13.9 Å². The van der Waals surface area contributed by atoms with Gasteiger partial charge in [-0.05, 0) is 31.5 Å². The van der Waals surface area contributed by atoms with Crippen molar-refractivity contribution >= 4 is 11.0 Å². The Kier molecular flexibility index (Phi) is 2.59. The highest BCUT2D eigenvalue weighted by atomic mass is 16.6. The molecule has 0 amide bonds. The van der Waals surface area contributed by atoms with Gasteiger partial charge in [0.1, 0.15) is 24.0 Å². The zero-order chi connectivity index (χ0) is 12.7. The van der Waals surface area contributed by atoms with E-state index in [1.165, 1.54) is 6.07 Å². The molecule has 94 valence electrons. The minimum atomic E-state index is -0.328. The van der Waals surface area contributed by atoms with Crippen LogP contribution in [0.5, 0.6) is 5.75 Å². The van der Waals surface area contributed by atoms with Gasteiger partial charge in [-0.3, -0.25) is 0 Å². The van der Waals surface area contributed by atoms with Gasteiger partial charge in [0, 0.05) is 17.0 Å². The molecule has 18 heavy (non-hydrogen) atoms. The van der Waals surface area contributed by atoms with E-state index < -0.39 is 0 Å². The van der Waals surface area contributed by atoms with Gasteiger partial charge in [-0.1, -0.05) is 0 Å². The van der Waals surface area contributed by atoms with Gasteiger partial charge in [-0.2, -0.15) is 0 Å². The fourth-order valence-electron chi connectivity index (χ4n) is 2.00. The molecule has 3 rings (SSSR count). The second-order valence-corrected chi connectivity index (χ2v) is 4.58. The van der Waals surface area contributed by atoms with Crippen LogP contribution in [0.1, 0.15) is 11.1 Å². The normalized spacial score (nSPS) is 18.0. The topological polar surface area (TPSA) is 52.0 Å². The first-order chi connectivity index (χ1) is 8.65. The number of benzene rings is 1. The molecular formula is C14H14O4. The summed E-state index contributed by atoms with van der Waals surface area (Å²) in [5, 5.41) is 0.946. The van der Waals surface area contributed by atoms with Crippen molar-refractivity contribution in [3.63, 3.8) is 0 Å². The quantitative estimate of drug-likeness (QED) is 0.615. The Hall–Kier alpha value is -1.81. The second-order valence-electron chi connectivity index (χ2n) is 4.58. The van der Waals surface area contributed by atoms with Crippen LogP contribution in [-0.2, 0) is 4.74 Å². The van der Waals surface area contributed by atoms with Crippen LogP contribution >= 0.6 is 0 Å². The lowest BCUT2D eigenvalue weighted by Crippen LogP contribution is -2.06. The molecule has 1 aliphatic heterocycles. The van der Waals surface area contributed by atoms with Gasteiger partial charge in [-0.15, -0.1) is 0 Å². The first-order valence-electron chi connectivity index (χ1n) is 5.93. The molecule has 1 fully saturated rings. The largest absolute Gasteiger partial charge is 0.490 e. The first kappa shape index (κ1) is 11.3. The van der Waals surface area contributed by atoms with Crippen molar-refractivity contribution in [1.82, 2.24) is 0 Å². The van der Waals surface area contributed by atoms with E-state index in [0.29, 0.717) is 12.2 Å². The summed E-state index contributed by atoms with van der Waals surface area (Å²) in [6.07, 6.45) is 0.213. The molecule has 1 saturated heterocycles. The van der Waals surface area contributed by atoms with Crippen LogP contribution in [0, 0.1) is 13.8 Å². The molecule has 0 aliphatic carbocycles. The van der Waals surface area contributed by atoms with Crippen LogP contribution in [0.4, 0.5) is 0 Å². The third kappa shape index (κ3) is 1.99. The van der Waals surface area contributed by atoms with Gasteiger partial charge in [0.15, 0.2) is 0 Å². The highest BCUT2D eigenvalue weighted by molar-refractivity contribution is 5.84. The Morgan fingerprint density at radius 1 is 1.39 bits per heavy atom. The lowest BCUT2D eigenvalue weighted by molar-refractivity contribution is 0.261. The molecule has 1 atom stereocenters. The summed E-state index contributed by atoms with van der Waals surface area (Å²) in [6.45, 7) is 5.11. The van der Waals surface area contributed by atoms with Crippen LogP contribution in [0.2, 0.25) is 0 Å². The van der Waals surface area contributed by atoms with E-state index in [4.69, 9.17) is 13.9 Å². The maximum Gasteiger partial charge on any atom is 0.336 e. The highest BCUT2D eigenvalue weighted by Crippen LogP contribution is 2.28. The van der Waals surface area contributed by atoms with Crippen molar-refractivity contribution in [2.24, 2.45) is 0 Å². The number of epoxide rings is 1. The molecule has 0 radical (unpaired) electrons. The van der Waals surface area contributed by atoms with Crippen LogP contribution in [0.25, 0.3) is 11.0 Å². The summed E-state index contributed by atoms with van der Waals surface area (Å²) in [5.74, 6) is 0.742. The van der Waals surface area contributed by atoms with Crippen LogP contribution in [0.3, 0.4) is 0 Å². The van der Waals surface area contributed by atoms with E-state index >= 15 is 0 Å². The third-order valence-electron chi connectivity index (χ3n) is 3.15. The number of hydrogen-bond donors (Lipinski definition) is 0. The van der Waals surface area contributed by atoms with E-state index in [1.54, 1.807) is 0 Å². The molecule has 0 unspecified atom stereocenters. The third-order valence-corrected chi connectivity index (χ3v) is 3.15. The molecular weight excluding hydrogens is 232 g/mol. The fourth-order valence-corrected chi connectivity index (χ4v) is 2.00. The molecule has 1 aliphatic rings. The number of hydrogen-bond acceptors (Lipinski definition) is 4. The maximum absolute atomic E-state index is 11.4. The molecule has 2 heterocycles. The van der Waals surface area contributed by atoms with Crippen molar-refractivity contribution in [1.29, 1.82) is 0 Å². The molecule has 0 saturated carbocycles. The van der Waals surface area contributed by atoms with E-state index in [9.17, 15) is 4.79 Å². The fraction of sp³-hybridized carbons (Fsp3) is 0.357. The monoisotopic (exact) mass is 246 g/mol. The van der Waals surface area contributed by atoms with E-state index in [1.807, 2.05) is 26.0 Å². The van der Waals surface area contributed by atoms with Gasteiger partial charge >= 0.3 is 5.63 Å². The molecule has 1 aromatic heterocycles. The standard InChI is InChI=1S/C14H14O4/c1-8-5-13(15)18-14-9(2)12(4-3-11(8)14)17-7-10-6-16-10/h3-5,10H,6-7H2,1-2H3/t10-/m1/s1. The molecule has 4 heteroatoms. The summed E-state index contributed by atoms with van der Waals surface area (Å²) < 4.78 is 16.0. The molecule has 4 nitrogen and oxygen atoms in total. The lowest BCUT2D eigenvalue weighted by atomic mass is 10.1. The Labute approximate surface area is 104 Å². The van der Waals surface area contributed by atoms with Crippen molar-refractivity contribution in [2.75, 3.05) is 13.2 Å². The van der Waals surface area contributed by atoms with Crippen molar-refractivity contribution in [2.45, 2.75) is 20.0 Å². The smallest absolute Gasteiger partial charge is 0.336 e. The van der Waals surface area contributed by atoms with E-state index in [0.717, 1.165) is 28.9 Å². The number of fused-ring (bicyclic) bond motifs is 1. The zero-order valence-corrected chi connectivity index (χ0v) is 10.4. The summed E-state index contributed by atoms with van der Waals surface area (Å²) >= 11 is 0. The summed E-state index contributed by atoms with van der Waals surface area (Å²) in [7, 11) is 0. The highest BCUT2D eigenvalue weighted by Gasteiger charge is 2.23. The van der Waals surface area contributed by atoms with Gasteiger partial charge in [0.05, 0.1) is 6.61 Å². The second kappa shape index (κ2) is 4.14. The summed E-state index contributed by atoms with van der Waals surface area (Å²) in [5.41, 5.74) is 2.05. The SMILES string of the molecule is Cc1cc(=O)oc2c(C)c(OC[C@H]3CO3)ccc12. The van der Waals surface area contributed by atoms with Crippen molar-refractivity contribution in [3.05, 3.63) is 39.7 Å². The first-order valence-corrected chi connectivity index (χ1v) is 5.93. The average Bonchev–Trinajstić information content (AvgIpc) is 3.13. The van der Waals surface area contributed by atoms with E-state index in [2.05, 4.69) is 0 Å². The Morgan fingerprint density at radius 3 is 2.89 bits per heavy atom. The number of ether oxygens (including phenoxy) is 2. The number of rotatable bonds is 3. The molecule has 0 N–H and O–H groups in total. The molecule has 2 aromatic rings. The maximum atomic E-state index is 11.4. The van der Waals surface area contributed by atoms with Crippen LogP contribution in [-0.4, -0.2) is 19.3 Å².